The summed E-state index contributed by atoms with van der Waals surface area (Å²) in [5.74, 6) is -1.91. The third-order valence-electron chi connectivity index (χ3n) is 3.55. The normalized spacial score (nSPS) is 12.6. The Balaban J connectivity index is 2.35. The largest absolute Gasteiger partial charge is 0.507 e. The second-order valence-corrected chi connectivity index (χ2v) is 4.81. The van der Waals surface area contributed by atoms with E-state index >= 15 is 0 Å². The van der Waals surface area contributed by atoms with Gasteiger partial charge in [-0.1, -0.05) is 0 Å². The SMILES string of the molecule is COc1cc(O)c2c(c1)C(=O)c1cc(C=O)cc(O)c1C2=O. The molecule has 0 saturated heterocycles. The number of carbonyl (C=O) groups excluding carboxylic acids is 3. The van der Waals surface area contributed by atoms with Gasteiger partial charge in [0.15, 0.2) is 5.78 Å². The number of hydrogen-bond acceptors (Lipinski definition) is 6. The highest BCUT2D eigenvalue weighted by Crippen LogP contribution is 2.39. The van der Waals surface area contributed by atoms with Crippen LogP contribution in [0.3, 0.4) is 0 Å². The predicted octanol–water partition coefficient (Wildman–Crippen LogP) is 1.69. The highest BCUT2D eigenvalue weighted by Gasteiger charge is 2.35. The van der Waals surface area contributed by atoms with Crippen LogP contribution in [0.5, 0.6) is 17.2 Å². The summed E-state index contributed by atoms with van der Waals surface area (Å²) in [6.07, 6.45) is 0.469. The Morgan fingerprint density at radius 3 is 2.09 bits per heavy atom. The number of benzene rings is 2. The van der Waals surface area contributed by atoms with Gasteiger partial charge in [-0.25, -0.2) is 0 Å². The van der Waals surface area contributed by atoms with E-state index in [2.05, 4.69) is 0 Å². The van der Waals surface area contributed by atoms with Crippen molar-refractivity contribution in [3.05, 3.63) is 52.1 Å². The summed E-state index contributed by atoms with van der Waals surface area (Å²) < 4.78 is 4.97. The van der Waals surface area contributed by atoms with Crippen LogP contribution in [-0.2, 0) is 0 Å². The number of fused-ring (bicyclic) bond motifs is 2. The molecule has 3 rings (SSSR count). The zero-order chi connectivity index (χ0) is 16.0. The Labute approximate surface area is 124 Å². The molecule has 0 aliphatic heterocycles. The maximum atomic E-state index is 12.5. The van der Waals surface area contributed by atoms with Gasteiger partial charge in [0.25, 0.3) is 0 Å². The standard InChI is InChI=1S/C16H10O6/c1-22-8-4-10-14(12(19)5-8)16(21)13-9(15(10)20)2-7(6-17)3-11(13)18/h2-6,18-19H,1H3. The number of aromatic hydroxyl groups is 2. The summed E-state index contributed by atoms with van der Waals surface area (Å²) in [6.45, 7) is 0. The number of ether oxygens (including phenoxy) is 1. The van der Waals surface area contributed by atoms with Gasteiger partial charge in [-0.3, -0.25) is 14.4 Å². The van der Waals surface area contributed by atoms with Gasteiger partial charge >= 0.3 is 0 Å². The molecule has 6 heteroatoms. The number of carbonyl (C=O) groups is 3. The average Bonchev–Trinajstić information content (AvgIpc) is 2.50. The lowest BCUT2D eigenvalue weighted by molar-refractivity contribution is 0.0973. The van der Waals surface area contributed by atoms with E-state index in [1.807, 2.05) is 0 Å². The van der Waals surface area contributed by atoms with Crippen LogP contribution in [0.15, 0.2) is 24.3 Å². The van der Waals surface area contributed by atoms with Gasteiger partial charge in [0.05, 0.1) is 18.2 Å². The van der Waals surface area contributed by atoms with Crippen molar-refractivity contribution in [2.24, 2.45) is 0 Å². The van der Waals surface area contributed by atoms with Crippen LogP contribution >= 0.6 is 0 Å². The van der Waals surface area contributed by atoms with Crippen LogP contribution in [0.25, 0.3) is 0 Å². The summed E-state index contributed by atoms with van der Waals surface area (Å²) in [7, 11) is 1.36. The van der Waals surface area contributed by atoms with E-state index in [-0.39, 0.29) is 33.6 Å². The lowest BCUT2D eigenvalue weighted by atomic mass is 9.82. The van der Waals surface area contributed by atoms with Crippen molar-refractivity contribution in [1.82, 2.24) is 0 Å². The second kappa shape index (κ2) is 4.70. The first-order valence-electron chi connectivity index (χ1n) is 6.30. The van der Waals surface area contributed by atoms with Gasteiger partial charge in [0, 0.05) is 22.8 Å². The topological polar surface area (TPSA) is 101 Å². The third kappa shape index (κ3) is 1.77. The summed E-state index contributed by atoms with van der Waals surface area (Å²) in [4.78, 5) is 35.9. The summed E-state index contributed by atoms with van der Waals surface area (Å²) >= 11 is 0. The molecule has 0 heterocycles. The molecule has 0 unspecified atom stereocenters. The minimum Gasteiger partial charge on any atom is -0.507 e. The van der Waals surface area contributed by atoms with E-state index in [0.717, 1.165) is 6.07 Å². The van der Waals surface area contributed by atoms with E-state index in [9.17, 15) is 24.6 Å². The molecule has 0 amide bonds. The zero-order valence-electron chi connectivity index (χ0n) is 11.4. The fourth-order valence-corrected chi connectivity index (χ4v) is 2.54. The Bertz CT molecular complexity index is 850. The molecule has 0 bridgehead atoms. The molecule has 2 aromatic rings. The maximum absolute atomic E-state index is 12.5. The third-order valence-corrected chi connectivity index (χ3v) is 3.55. The molecule has 0 atom stereocenters. The van der Waals surface area contributed by atoms with Crippen LogP contribution in [-0.4, -0.2) is 35.2 Å². The first-order valence-corrected chi connectivity index (χ1v) is 6.30. The number of phenols is 2. The fraction of sp³-hybridized carbons (Fsp3) is 0.0625. The van der Waals surface area contributed by atoms with E-state index in [1.54, 1.807) is 0 Å². The highest BCUT2D eigenvalue weighted by molar-refractivity contribution is 6.30. The van der Waals surface area contributed by atoms with Gasteiger partial charge in [-0.05, 0) is 18.2 Å². The van der Waals surface area contributed by atoms with Crippen molar-refractivity contribution in [2.45, 2.75) is 0 Å². The number of hydrogen-bond donors (Lipinski definition) is 2. The van der Waals surface area contributed by atoms with Gasteiger partial charge in [-0.2, -0.15) is 0 Å². The van der Waals surface area contributed by atoms with Crippen LogP contribution in [0.1, 0.15) is 42.2 Å². The van der Waals surface area contributed by atoms with Crippen molar-refractivity contribution in [3.8, 4) is 17.2 Å². The van der Waals surface area contributed by atoms with Gasteiger partial charge in [0.1, 0.15) is 23.5 Å². The quantitative estimate of drug-likeness (QED) is 0.698. The first-order chi connectivity index (χ1) is 10.5. The van der Waals surface area contributed by atoms with E-state index in [1.165, 1.54) is 25.3 Å². The van der Waals surface area contributed by atoms with Crippen molar-refractivity contribution >= 4 is 17.9 Å². The molecule has 2 aromatic carbocycles. The molecule has 110 valence electrons. The highest BCUT2D eigenvalue weighted by atomic mass is 16.5. The molecule has 0 radical (unpaired) electrons. The molecule has 6 nitrogen and oxygen atoms in total. The Morgan fingerprint density at radius 1 is 0.909 bits per heavy atom. The molecule has 2 N–H and O–H groups in total. The average molecular weight is 298 g/mol. The summed E-state index contributed by atoms with van der Waals surface area (Å²) in [6, 6.07) is 4.89. The summed E-state index contributed by atoms with van der Waals surface area (Å²) in [5, 5.41) is 19.9. The molecule has 0 spiro atoms. The van der Waals surface area contributed by atoms with Crippen molar-refractivity contribution in [1.29, 1.82) is 0 Å². The minimum atomic E-state index is -0.681. The van der Waals surface area contributed by atoms with Crippen molar-refractivity contribution in [2.75, 3.05) is 7.11 Å². The predicted molar refractivity (Wildman–Crippen MR) is 75.0 cm³/mol. The van der Waals surface area contributed by atoms with E-state index in [4.69, 9.17) is 4.74 Å². The maximum Gasteiger partial charge on any atom is 0.201 e. The molecule has 0 aromatic heterocycles. The number of aldehydes is 1. The van der Waals surface area contributed by atoms with Crippen LogP contribution in [0.2, 0.25) is 0 Å². The van der Waals surface area contributed by atoms with Gasteiger partial charge in [-0.15, -0.1) is 0 Å². The van der Waals surface area contributed by atoms with Crippen molar-refractivity contribution < 1.29 is 29.3 Å². The molecule has 0 fully saturated rings. The first kappa shape index (κ1) is 13.8. The molecule has 1 aliphatic carbocycles. The molecular weight excluding hydrogens is 288 g/mol. The number of ketones is 2. The van der Waals surface area contributed by atoms with Crippen LogP contribution < -0.4 is 4.74 Å². The number of rotatable bonds is 2. The number of methoxy groups -OCH3 is 1. The summed E-state index contributed by atoms with van der Waals surface area (Å²) in [5.41, 5.74) is -0.437. The zero-order valence-corrected chi connectivity index (χ0v) is 11.4. The van der Waals surface area contributed by atoms with Crippen LogP contribution in [0, 0.1) is 0 Å². The van der Waals surface area contributed by atoms with Crippen molar-refractivity contribution in [3.63, 3.8) is 0 Å². The van der Waals surface area contributed by atoms with Gasteiger partial charge in [0.2, 0.25) is 5.78 Å². The lowest BCUT2D eigenvalue weighted by Crippen LogP contribution is -2.21. The smallest absolute Gasteiger partial charge is 0.201 e. The molecule has 22 heavy (non-hydrogen) atoms. The minimum absolute atomic E-state index is 0.0307. The van der Waals surface area contributed by atoms with Gasteiger partial charge < -0.3 is 14.9 Å². The Kier molecular flexibility index (Phi) is 2.95. The number of phenolic OH excluding ortho intramolecular Hbond substituents is 2. The second-order valence-electron chi connectivity index (χ2n) is 4.81. The molecule has 0 saturated carbocycles. The Hall–Kier alpha value is -3.15. The fourth-order valence-electron chi connectivity index (χ4n) is 2.54. The molecular formula is C16H10O6. The van der Waals surface area contributed by atoms with Crippen LogP contribution in [0.4, 0.5) is 0 Å². The van der Waals surface area contributed by atoms with E-state index < -0.39 is 23.1 Å². The van der Waals surface area contributed by atoms with E-state index in [0.29, 0.717) is 6.29 Å². The molecule has 1 aliphatic rings. The Morgan fingerprint density at radius 2 is 1.50 bits per heavy atom. The lowest BCUT2D eigenvalue weighted by Gasteiger charge is -2.20. The monoisotopic (exact) mass is 298 g/mol.